The van der Waals surface area contributed by atoms with Crippen molar-refractivity contribution in [3.63, 3.8) is 0 Å². The molecule has 9 nitrogen and oxygen atoms in total. The van der Waals surface area contributed by atoms with E-state index in [-0.39, 0.29) is 5.56 Å². The number of ether oxygens (including phenoxy) is 5. The highest BCUT2D eigenvalue weighted by molar-refractivity contribution is 7.15. The third-order valence-electron chi connectivity index (χ3n) is 4.81. The number of rotatable bonds is 7. The summed E-state index contributed by atoms with van der Waals surface area (Å²) < 4.78 is 28.5. The first-order valence-corrected chi connectivity index (χ1v) is 10.3. The first-order valence-electron chi connectivity index (χ1n) is 9.46. The lowest BCUT2D eigenvalue weighted by Gasteiger charge is -2.12. The zero-order chi connectivity index (χ0) is 22.8. The number of hydrogen-bond donors (Lipinski definition) is 0. The Labute approximate surface area is 187 Å². The second-order valence-corrected chi connectivity index (χ2v) is 7.58. The number of methoxy groups -OCH3 is 5. The predicted molar refractivity (Wildman–Crippen MR) is 121 cm³/mol. The van der Waals surface area contributed by atoms with Crippen molar-refractivity contribution in [2.75, 3.05) is 35.5 Å². The van der Waals surface area contributed by atoms with Crippen LogP contribution in [0.1, 0.15) is 5.56 Å². The van der Waals surface area contributed by atoms with Gasteiger partial charge in [0.15, 0.2) is 28.8 Å². The van der Waals surface area contributed by atoms with E-state index in [9.17, 15) is 4.79 Å². The molecule has 2 heterocycles. The molecule has 0 aliphatic rings. The van der Waals surface area contributed by atoms with Crippen molar-refractivity contribution in [1.82, 2.24) is 14.6 Å². The van der Waals surface area contributed by atoms with Gasteiger partial charge in [-0.25, -0.2) is 0 Å². The average molecular weight is 455 g/mol. The fourth-order valence-electron chi connectivity index (χ4n) is 3.26. The van der Waals surface area contributed by atoms with Crippen molar-refractivity contribution in [3.8, 4) is 40.1 Å². The highest BCUT2D eigenvalue weighted by Crippen LogP contribution is 2.40. The summed E-state index contributed by atoms with van der Waals surface area (Å²) in [7, 11) is 7.74. The van der Waals surface area contributed by atoms with Gasteiger partial charge in [0.2, 0.25) is 10.7 Å². The minimum Gasteiger partial charge on any atom is -0.493 e. The maximum atomic E-state index is 12.9. The van der Waals surface area contributed by atoms with Crippen molar-refractivity contribution in [1.29, 1.82) is 0 Å². The van der Waals surface area contributed by atoms with Crippen LogP contribution in [0.25, 0.3) is 22.4 Å². The molecule has 0 atom stereocenters. The maximum Gasteiger partial charge on any atom is 0.291 e. The molecule has 0 fully saturated rings. The van der Waals surface area contributed by atoms with Crippen molar-refractivity contribution >= 4 is 22.4 Å². The second-order valence-electron chi connectivity index (χ2n) is 6.57. The number of hydrogen-bond acceptors (Lipinski definition) is 9. The molecule has 0 bridgehead atoms. The molecule has 0 spiro atoms. The largest absolute Gasteiger partial charge is 0.493 e. The monoisotopic (exact) mass is 455 g/mol. The lowest BCUT2D eigenvalue weighted by molar-refractivity contribution is 0.324. The first kappa shape index (κ1) is 21.4. The number of thiazole rings is 1. The van der Waals surface area contributed by atoms with Gasteiger partial charge in [-0.2, -0.15) is 9.50 Å². The SMILES string of the molecule is COc1ccc(C=c2sc3nc(-c4cc(OC)c(OC)c(OC)c4)nn3c2=O)cc1OC. The molecule has 0 saturated carbocycles. The molecule has 4 rings (SSSR count). The molecule has 0 radical (unpaired) electrons. The Morgan fingerprint density at radius 1 is 0.844 bits per heavy atom. The first-order chi connectivity index (χ1) is 15.5. The van der Waals surface area contributed by atoms with Crippen LogP contribution in [-0.4, -0.2) is 50.1 Å². The highest BCUT2D eigenvalue weighted by atomic mass is 32.1. The van der Waals surface area contributed by atoms with E-state index in [0.717, 1.165) is 5.56 Å². The molecule has 4 aromatic rings. The Morgan fingerprint density at radius 2 is 1.50 bits per heavy atom. The van der Waals surface area contributed by atoms with Gasteiger partial charge in [0.1, 0.15) is 0 Å². The number of nitrogens with zero attached hydrogens (tertiary/aromatic N) is 3. The van der Waals surface area contributed by atoms with E-state index in [4.69, 9.17) is 23.7 Å². The summed E-state index contributed by atoms with van der Waals surface area (Å²) in [5, 5.41) is 4.40. The van der Waals surface area contributed by atoms with Crippen LogP contribution in [-0.2, 0) is 0 Å². The van der Waals surface area contributed by atoms with Crippen molar-refractivity contribution in [2.24, 2.45) is 0 Å². The second kappa shape index (κ2) is 8.75. The van der Waals surface area contributed by atoms with E-state index in [1.807, 2.05) is 6.07 Å². The molecule has 0 amide bonds. The molecule has 2 aromatic heterocycles. The topological polar surface area (TPSA) is 93.4 Å². The summed E-state index contributed by atoms with van der Waals surface area (Å²) >= 11 is 1.25. The molecule has 10 heteroatoms. The molecule has 0 saturated heterocycles. The maximum absolute atomic E-state index is 12.9. The molecule has 0 aliphatic carbocycles. The van der Waals surface area contributed by atoms with Gasteiger partial charge < -0.3 is 23.7 Å². The lowest BCUT2D eigenvalue weighted by Crippen LogP contribution is -2.23. The number of benzene rings is 2. The summed E-state index contributed by atoms with van der Waals surface area (Å²) in [6, 6.07) is 8.91. The summed E-state index contributed by atoms with van der Waals surface area (Å²) in [5.41, 5.74) is 1.18. The summed E-state index contributed by atoms with van der Waals surface area (Å²) in [6.07, 6.45) is 1.77. The van der Waals surface area contributed by atoms with Crippen LogP contribution >= 0.6 is 11.3 Å². The average Bonchev–Trinajstić information content (AvgIpc) is 3.37. The third-order valence-corrected chi connectivity index (χ3v) is 5.77. The predicted octanol–water partition coefficient (Wildman–Crippen LogP) is 2.41. The van der Waals surface area contributed by atoms with E-state index >= 15 is 0 Å². The molecule has 32 heavy (non-hydrogen) atoms. The van der Waals surface area contributed by atoms with E-state index in [1.165, 1.54) is 37.2 Å². The summed E-state index contributed by atoms with van der Waals surface area (Å²) in [4.78, 5) is 17.9. The van der Waals surface area contributed by atoms with Crippen LogP contribution in [0.5, 0.6) is 28.7 Å². The molecular weight excluding hydrogens is 434 g/mol. The molecular formula is C22H21N3O6S. The lowest BCUT2D eigenvalue weighted by atomic mass is 10.1. The smallest absolute Gasteiger partial charge is 0.291 e. The van der Waals surface area contributed by atoms with Crippen LogP contribution in [0.15, 0.2) is 35.1 Å². The van der Waals surface area contributed by atoms with Gasteiger partial charge in [-0.1, -0.05) is 17.4 Å². The van der Waals surface area contributed by atoms with Crippen molar-refractivity contribution < 1.29 is 23.7 Å². The summed E-state index contributed by atoms with van der Waals surface area (Å²) in [6.45, 7) is 0. The zero-order valence-electron chi connectivity index (χ0n) is 18.2. The molecule has 0 aliphatic heterocycles. The van der Waals surface area contributed by atoms with Crippen molar-refractivity contribution in [2.45, 2.75) is 0 Å². The van der Waals surface area contributed by atoms with Crippen LogP contribution in [0, 0.1) is 0 Å². The Morgan fingerprint density at radius 3 is 2.06 bits per heavy atom. The van der Waals surface area contributed by atoms with E-state index < -0.39 is 0 Å². The van der Waals surface area contributed by atoms with Gasteiger partial charge in [0, 0.05) is 5.56 Å². The highest BCUT2D eigenvalue weighted by Gasteiger charge is 2.18. The molecule has 166 valence electrons. The molecule has 0 unspecified atom stereocenters. The minimum absolute atomic E-state index is 0.258. The van der Waals surface area contributed by atoms with Gasteiger partial charge in [0.05, 0.1) is 40.1 Å². The Hall–Kier alpha value is -3.79. The van der Waals surface area contributed by atoms with Crippen molar-refractivity contribution in [3.05, 3.63) is 50.8 Å². The van der Waals surface area contributed by atoms with Crippen LogP contribution in [0.2, 0.25) is 0 Å². The fraction of sp³-hybridized carbons (Fsp3) is 0.227. The van der Waals surface area contributed by atoms with Gasteiger partial charge >= 0.3 is 0 Å². The normalized spacial score (nSPS) is 11.6. The number of aromatic nitrogens is 3. The van der Waals surface area contributed by atoms with E-state index in [1.54, 1.807) is 44.6 Å². The fourth-order valence-corrected chi connectivity index (χ4v) is 4.17. The Bertz CT molecular complexity index is 1370. The molecule has 0 N–H and O–H groups in total. The Balaban J connectivity index is 1.78. The van der Waals surface area contributed by atoms with Crippen LogP contribution < -0.4 is 33.8 Å². The van der Waals surface area contributed by atoms with Gasteiger partial charge in [-0.05, 0) is 35.9 Å². The van der Waals surface area contributed by atoms with Crippen LogP contribution in [0.4, 0.5) is 0 Å². The summed E-state index contributed by atoms with van der Waals surface area (Å²) in [5.74, 6) is 3.00. The number of fused-ring (bicyclic) bond motifs is 1. The zero-order valence-corrected chi connectivity index (χ0v) is 19.0. The standard InChI is InChI=1S/C22H21N3O6S/c1-27-14-7-6-12(8-15(14)28-2)9-18-21(26)25-22(32-18)23-20(24-25)13-10-16(29-3)19(31-5)17(11-13)30-4/h6-11H,1-5H3. The van der Waals surface area contributed by atoms with Gasteiger partial charge in [-0.3, -0.25) is 4.79 Å². The van der Waals surface area contributed by atoms with Crippen LogP contribution in [0.3, 0.4) is 0 Å². The van der Waals surface area contributed by atoms with Gasteiger partial charge in [-0.15, -0.1) is 5.10 Å². The van der Waals surface area contributed by atoms with E-state index in [0.29, 0.717) is 49.6 Å². The van der Waals surface area contributed by atoms with Gasteiger partial charge in [0.25, 0.3) is 5.56 Å². The quantitative estimate of drug-likeness (QED) is 0.420. The van der Waals surface area contributed by atoms with E-state index in [2.05, 4.69) is 10.1 Å². The Kier molecular flexibility index (Phi) is 5.87. The molecule has 2 aromatic carbocycles. The minimum atomic E-state index is -0.258. The third kappa shape index (κ3) is 3.69.